The molecule has 104 valence electrons. The van der Waals surface area contributed by atoms with Crippen LogP contribution in [0.5, 0.6) is 0 Å². The van der Waals surface area contributed by atoms with Gasteiger partial charge in [-0.15, -0.1) is 0 Å². The summed E-state index contributed by atoms with van der Waals surface area (Å²) < 4.78 is 5.80. The molecule has 1 atom stereocenters. The molecule has 0 bridgehead atoms. The maximum Gasteiger partial charge on any atom is 0.328 e. The summed E-state index contributed by atoms with van der Waals surface area (Å²) >= 11 is 0. The Morgan fingerprint density at radius 2 is 2.21 bits per heavy atom. The number of aromatic nitrogens is 2. The maximum absolute atomic E-state index is 11.6. The maximum atomic E-state index is 11.6. The Labute approximate surface area is 109 Å². The van der Waals surface area contributed by atoms with E-state index in [-0.39, 0.29) is 18.8 Å². The smallest absolute Gasteiger partial charge is 0.328 e. The van der Waals surface area contributed by atoms with E-state index < -0.39 is 23.9 Å². The van der Waals surface area contributed by atoms with Crippen molar-refractivity contribution in [3.8, 4) is 0 Å². The molecule has 1 heterocycles. The highest BCUT2D eigenvalue weighted by atomic mass is 16.5. The minimum absolute atomic E-state index is 0.0393. The number of ether oxygens (including phenoxy) is 1. The molecule has 0 aliphatic rings. The predicted molar refractivity (Wildman–Crippen MR) is 63.5 cm³/mol. The molecule has 2 N–H and O–H groups in total. The fraction of sp³-hybridized carbons (Fsp3) is 0.455. The van der Waals surface area contributed by atoms with E-state index in [0.717, 1.165) is 4.68 Å². The van der Waals surface area contributed by atoms with Crippen LogP contribution in [0.3, 0.4) is 0 Å². The lowest BCUT2D eigenvalue weighted by Gasteiger charge is -2.06. The molecule has 1 amide bonds. The van der Waals surface area contributed by atoms with E-state index in [1.807, 2.05) is 0 Å². The number of carbonyl (C=O) groups excluding carboxylic acids is 2. The molecule has 0 aliphatic carbocycles. The van der Waals surface area contributed by atoms with Crippen molar-refractivity contribution < 1.29 is 24.2 Å². The van der Waals surface area contributed by atoms with E-state index in [2.05, 4.69) is 15.2 Å². The van der Waals surface area contributed by atoms with Crippen molar-refractivity contribution in [3.05, 3.63) is 18.0 Å². The first-order valence-electron chi connectivity index (χ1n) is 5.67. The first-order valence-corrected chi connectivity index (χ1v) is 5.67. The molecule has 0 radical (unpaired) electrons. The Balaban J connectivity index is 2.59. The topological polar surface area (TPSA) is 111 Å². The summed E-state index contributed by atoms with van der Waals surface area (Å²) in [6, 6.07) is 0.506. The number of nitrogens with one attached hydrogen (secondary N) is 1. The molecular formula is C11H15N3O5. The molecule has 1 aromatic rings. The lowest BCUT2D eigenvalue weighted by molar-refractivity contribution is -0.142. The van der Waals surface area contributed by atoms with Crippen LogP contribution in [0.25, 0.3) is 0 Å². The molecule has 8 nitrogen and oxygen atoms in total. The first kappa shape index (κ1) is 14.7. The number of nitrogens with zero attached hydrogens (tertiary/aromatic N) is 2. The molecule has 0 aromatic carbocycles. The minimum Gasteiger partial charge on any atom is -0.480 e. The van der Waals surface area contributed by atoms with Crippen LogP contribution in [0.1, 0.15) is 30.4 Å². The normalized spacial score (nSPS) is 11.7. The standard InChI is InChI=1S/C11H15N3O5/c1-3-19-9(15)6-12-10(16)8-4-5-14(13-8)7(2)11(17)18/h4-5,7H,3,6H2,1-2H3,(H,12,16)(H,17,18). The fourth-order valence-corrected chi connectivity index (χ4v) is 1.24. The van der Waals surface area contributed by atoms with E-state index in [0.29, 0.717) is 0 Å². The van der Waals surface area contributed by atoms with Gasteiger partial charge in [-0.1, -0.05) is 0 Å². The SMILES string of the molecule is CCOC(=O)CNC(=O)c1ccn(C(C)C(=O)O)n1. The van der Waals surface area contributed by atoms with Crippen LogP contribution >= 0.6 is 0 Å². The van der Waals surface area contributed by atoms with Gasteiger partial charge >= 0.3 is 11.9 Å². The summed E-state index contributed by atoms with van der Waals surface area (Å²) in [5, 5.41) is 15.0. The minimum atomic E-state index is -1.05. The highest BCUT2D eigenvalue weighted by molar-refractivity contribution is 5.94. The molecule has 1 unspecified atom stereocenters. The number of rotatable bonds is 6. The molecule has 19 heavy (non-hydrogen) atoms. The molecule has 0 aliphatic heterocycles. The zero-order chi connectivity index (χ0) is 14.4. The molecule has 0 saturated heterocycles. The Morgan fingerprint density at radius 1 is 1.53 bits per heavy atom. The van der Waals surface area contributed by atoms with Gasteiger partial charge in [0.15, 0.2) is 0 Å². The van der Waals surface area contributed by atoms with Crippen molar-refractivity contribution in [1.29, 1.82) is 0 Å². The quantitative estimate of drug-likeness (QED) is 0.693. The van der Waals surface area contributed by atoms with Crippen molar-refractivity contribution >= 4 is 17.8 Å². The summed E-state index contributed by atoms with van der Waals surface area (Å²) in [4.78, 5) is 33.4. The Morgan fingerprint density at radius 3 is 2.79 bits per heavy atom. The fourth-order valence-electron chi connectivity index (χ4n) is 1.24. The monoisotopic (exact) mass is 269 g/mol. The largest absolute Gasteiger partial charge is 0.480 e. The Bertz CT molecular complexity index is 482. The van der Waals surface area contributed by atoms with Crippen LogP contribution in [-0.4, -0.2) is 45.9 Å². The number of carbonyl (C=O) groups is 3. The number of carboxylic acids is 1. The number of esters is 1. The highest BCUT2D eigenvalue weighted by Gasteiger charge is 2.17. The van der Waals surface area contributed by atoms with Gasteiger partial charge in [-0.2, -0.15) is 5.10 Å². The van der Waals surface area contributed by atoms with Crippen LogP contribution in [0.2, 0.25) is 0 Å². The zero-order valence-electron chi connectivity index (χ0n) is 10.6. The van der Waals surface area contributed by atoms with Crippen molar-refractivity contribution in [2.75, 3.05) is 13.2 Å². The second-order valence-corrected chi connectivity index (χ2v) is 3.68. The molecule has 8 heteroatoms. The van der Waals surface area contributed by atoms with Gasteiger partial charge in [-0.3, -0.25) is 14.3 Å². The third kappa shape index (κ3) is 4.09. The zero-order valence-corrected chi connectivity index (χ0v) is 10.6. The summed E-state index contributed by atoms with van der Waals surface area (Å²) in [5.41, 5.74) is 0.0393. The van der Waals surface area contributed by atoms with Gasteiger partial charge in [0.05, 0.1) is 6.61 Å². The summed E-state index contributed by atoms with van der Waals surface area (Å²) in [6.45, 7) is 3.08. The second-order valence-electron chi connectivity index (χ2n) is 3.68. The highest BCUT2D eigenvalue weighted by Crippen LogP contribution is 2.05. The van der Waals surface area contributed by atoms with E-state index in [9.17, 15) is 14.4 Å². The number of hydrogen-bond acceptors (Lipinski definition) is 5. The lowest BCUT2D eigenvalue weighted by Crippen LogP contribution is -2.31. The lowest BCUT2D eigenvalue weighted by atomic mass is 10.3. The van der Waals surface area contributed by atoms with Crippen molar-refractivity contribution in [3.63, 3.8) is 0 Å². The molecule has 1 aromatic heterocycles. The van der Waals surface area contributed by atoms with E-state index in [1.54, 1.807) is 6.92 Å². The van der Waals surface area contributed by atoms with Gasteiger partial charge in [0.25, 0.3) is 5.91 Å². The predicted octanol–water partition coefficient (Wildman–Crippen LogP) is -0.178. The van der Waals surface area contributed by atoms with E-state index in [4.69, 9.17) is 5.11 Å². The van der Waals surface area contributed by atoms with Gasteiger partial charge in [-0.25, -0.2) is 4.79 Å². The third-order valence-electron chi connectivity index (χ3n) is 2.29. The Hall–Kier alpha value is -2.38. The van der Waals surface area contributed by atoms with Gasteiger partial charge in [0.1, 0.15) is 18.3 Å². The summed E-state index contributed by atoms with van der Waals surface area (Å²) in [7, 11) is 0. The number of aliphatic carboxylic acids is 1. The van der Waals surface area contributed by atoms with Crippen LogP contribution in [0, 0.1) is 0 Å². The van der Waals surface area contributed by atoms with Gasteiger partial charge in [-0.05, 0) is 19.9 Å². The molecule has 0 spiro atoms. The van der Waals surface area contributed by atoms with Gasteiger partial charge in [0.2, 0.25) is 0 Å². The number of carboxylic acid groups (broad SMARTS) is 1. The second kappa shape index (κ2) is 6.53. The van der Waals surface area contributed by atoms with Crippen molar-refractivity contribution in [2.45, 2.75) is 19.9 Å². The molecule has 0 saturated carbocycles. The molecule has 0 fully saturated rings. The van der Waals surface area contributed by atoms with E-state index in [1.165, 1.54) is 19.2 Å². The van der Waals surface area contributed by atoms with Crippen LogP contribution in [-0.2, 0) is 14.3 Å². The first-order chi connectivity index (χ1) is 8.95. The Kier molecular flexibility index (Phi) is 5.04. The van der Waals surface area contributed by atoms with Gasteiger partial charge in [0, 0.05) is 6.20 Å². The van der Waals surface area contributed by atoms with Crippen molar-refractivity contribution in [1.82, 2.24) is 15.1 Å². The average Bonchev–Trinajstić information content (AvgIpc) is 2.84. The average molecular weight is 269 g/mol. The van der Waals surface area contributed by atoms with Crippen LogP contribution in [0.15, 0.2) is 12.3 Å². The molecule has 1 rings (SSSR count). The van der Waals surface area contributed by atoms with Crippen molar-refractivity contribution in [2.24, 2.45) is 0 Å². The number of amides is 1. The van der Waals surface area contributed by atoms with Crippen LogP contribution in [0.4, 0.5) is 0 Å². The van der Waals surface area contributed by atoms with E-state index >= 15 is 0 Å². The van der Waals surface area contributed by atoms with Crippen LogP contribution < -0.4 is 5.32 Å². The summed E-state index contributed by atoms with van der Waals surface area (Å²) in [6.07, 6.45) is 1.39. The number of hydrogen-bond donors (Lipinski definition) is 2. The summed E-state index contributed by atoms with van der Waals surface area (Å²) in [5.74, 6) is -2.17. The van der Waals surface area contributed by atoms with Gasteiger partial charge < -0.3 is 15.2 Å². The molecular weight excluding hydrogens is 254 g/mol. The third-order valence-corrected chi connectivity index (χ3v) is 2.29.